The highest BCUT2D eigenvalue weighted by Crippen LogP contribution is 2.26. The fraction of sp³-hybridized carbons (Fsp3) is 0.500. The number of hydrogen-bond acceptors (Lipinski definition) is 4. The maximum atomic E-state index is 13.3. The van der Waals surface area contributed by atoms with Crippen LogP contribution >= 0.6 is 0 Å². The van der Waals surface area contributed by atoms with Crippen LogP contribution in [0.2, 0.25) is 0 Å². The van der Waals surface area contributed by atoms with Gasteiger partial charge in [0.15, 0.2) is 0 Å². The molecule has 0 spiro atoms. The van der Waals surface area contributed by atoms with Gasteiger partial charge in [-0.05, 0) is 75.1 Å². The minimum atomic E-state index is 0.154. The topological polar surface area (TPSA) is 36.0 Å². The molecule has 2 heterocycles. The van der Waals surface area contributed by atoms with Crippen LogP contribution in [0.3, 0.4) is 0 Å². The zero-order valence-corrected chi connectivity index (χ0v) is 19.1. The van der Waals surface area contributed by atoms with Crippen LogP contribution in [0, 0.1) is 0 Å². The summed E-state index contributed by atoms with van der Waals surface area (Å²) in [6.07, 6.45) is 3.00. The minimum absolute atomic E-state index is 0.154. The Balaban J connectivity index is 1.39. The summed E-state index contributed by atoms with van der Waals surface area (Å²) in [4.78, 5) is 20.3. The van der Waals surface area contributed by atoms with Gasteiger partial charge in [-0.15, -0.1) is 0 Å². The molecule has 2 aliphatic rings. The number of methoxy groups -OCH3 is 1. The number of benzene rings is 2. The molecule has 31 heavy (non-hydrogen) atoms. The van der Waals surface area contributed by atoms with Gasteiger partial charge >= 0.3 is 0 Å². The van der Waals surface area contributed by atoms with Gasteiger partial charge in [0.25, 0.3) is 5.91 Å². The van der Waals surface area contributed by atoms with Gasteiger partial charge in [-0.3, -0.25) is 9.69 Å². The van der Waals surface area contributed by atoms with Gasteiger partial charge in [-0.2, -0.15) is 0 Å². The van der Waals surface area contributed by atoms with Crippen LogP contribution in [-0.4, -0.2) is 67.6 Å². The normalized spacial score (nSPS) is 19.8. The molecule has 5 heteroatoms. The maximum Gasteiger partial charge on any atom is 0.254 e. The SMILES string of the molecule is COc1cccc(CC2CCCN2C(=O)c2ccc(N3CCN(C(C)C)CC3)cc2)c1. The first-order valence-corrected chi connectivity index (χ1v) is 11.6. The van der Waals surface area contributed by atoms with E-state index in [0.717, 1.165) is 63.3 Å². The Bertz CT molecular complexity index is 872. The average molecular weight is 422 g/mol. The number of likely N-dealkylation sites (tertiary alicyclic amines) is 1. The molecule has 5 nitrogen and oxygen atoms in total. The van der Waals surface area contributed by atoms with Crippen molar-refractivity contribution >= 4 is 11.6 Å². The molecule has 0 radical (unpaired) electrons. The highest BCUT2D eigenvalue weighted by molar-refractivity contribution is 5.95. The van der Waals surface area contributed by atoms with Gasteiger partial charge in [-0.25, -0.2) is 0 Å². The standard InChI is InChI=1S/C26H35N3O2/c1-20(2)27-14-16-28(17-15-27)23-11-9-22(10-12-23)26(30)29-13-5-7-24(29)18-21-6-4-8-25(19-21)31-3/h4,6,8-12,19-20,24H,5,7,13-18H2,1-3H3. The number of piperazine rings is 1. The van der Waals surface area contributed by atoms with Gasteiger partial charge in [0.1, 0.15) is 5.75 Å². The van der Waals surface area contributed by atoms with Crippen LogP contribution in [0.1, 0.15) is 42.6 Å². The third-order valence-corrected chi connectivity index (χ3v) is 6.77. The Morgan fingerprint density at radius 1 is 1.03 bits per heavy atom. The second-order valence-electron chi connectivity index (χ2n) is 9.01. The number of amides is 1. The molecule has 0 aliphatic carbocycles. The van der Waals surface area contributed by atoms with E-state index in [1.807, 2.05) is 24.3 Å². The number of rotatable bonds is 6. The Kier molecular flexibility index (Phi) is 6.81. The Hall–Kier alpha value is -2.53. The second kappa shape index (κ2) is 9.73. The molecule has 0 N–H and O–H groups in total. The predicted octanol–water partition coefficient (Wildman–Crippen LogP) is 4.07. The lowest BCUT2D eigenvalue weighted by Crippen LogP contribution is -2.48. The maximum absolute atomic E-state index is 13.3. The lowest BCUT2D eigenvalue weighted by molar-refractivity contribution is 0.0736. The van der Waals surface area contributed by atoms with Crippen molar-refractivity contribution in [3.8, 4) is 5.75 Å². The van der Waals surface area contributed by atoms with Crippen molar-refractivity contribution in [2.75, 3.05) is 44.7 Å². The van der Waals surface area contributed by atoms with Crippen LogP contribution < -0.4 is 9.64 Å². The summed E-state index contributed by atoms with van der Waals surface area (Å²) < 4.78 is 5.35. The van der Waals surface area contributed by atoms with Crippen molar-refractivity contribution in [1.82, 2.24) is 9.80 Å². The molecular formula is C26H35N3O2. The molecule has 0 aromatic heterocycles. The molecule has 2 aromatic carbocycles. The van der Waals surface area contributed by atoms with Crippen molar-refractivity contribution in [1.29, 1.82) is 0 Å². The first-order chi connectivity index (χ1) is 15.0. The molecule has 4 rings (SSSR count). The summed E-state index contributed by atoms with van der Waals surface area (Å²) in [7, 11) is 1.69. The summed E-state index contributed by atoms with van der Waals surface area (Å²) in [5.74, 6) is 1.03. The lowest BCUT2D eigenvalue weighted by Gasteiger charge is -2.38. The van der Waals surface area contributed by atoms with Crippen LogP contribution in [-0.2, 0) is 6.42 Å². The quantitative estimate of drug-likeness (QED) is 0.704. The predicted molar refractivity (Wildman–Crippen MR) is 126 cm³/mol. The molecule has 1 atom stereocenters. The molecule has 0 bridgehead atoms. The van der Waals surface area contributed by atoms with Crippen LogP contribution in [0.25, 0.3) is 0 Å². The summed E-state index contributed by atoms with van der Waals surface area (Å²) in [5, 5.41) is 0. The zero-order valence-electron chi connectivity index (χ0n) is 19.1. The van der Waals surface area contributed by atoms with Gasteiger partial charge in [-0.1, -0.05) is 12.1 Å². The number of carbonyl (C=O) groups excluding carboxylic acids is 1. The van der Waals surface area contributed by atoms with Gasteiger partial charge in [0.2, 0.25) is 0 Å². The van der Waals surface area contributed by atoms with Crippen molar-refractivity contribution in [3.63, 3.8) is 0 Å². The van der Waals surface area contributed by atoms with E-state index in [9.17, 15) is 4.79 Å². The van der Waals surface area contributed by atoms with E-state index in [2.05, 4.69) is 52.8 Å². The summed E-state index contributed by atoms with van der Waals surface area (Å²) in [6, 6.07) is 17.3. The van der Waals surface area contributed by atoms with Crippen LogP contribution in [0.4, 0.5) is 5.69 Å². The minimum Gasteiger partial charge on any atom is -0.497 e. The van der Waals surface area contributed by atoms with E-state index in [1.54, 1.807) is 7.11 Å². The van der Waals surface area contributed by atoms with E-state index in [0.29, 0.717) is 6.04 Å². The van der Waals surface area contributed by atoms with Crippen LogP contribution in [0.15, 0.2) is 48.5 Å². The molecule has 2 fully saturated rings. The van der Waals surface area contributed by atoms with Gasteiger partial charge in [0.05, 0.1) is 7.11 Å². The molecule has 2 aliphatic heterocycles. The lowest BCUT2D eigenvalue weighted by atomic mass is 10.0. The number of anilines is 1. The Labute approximate surface area is 186 Å². The van der Waals surface area contributed by atoms with Crippen molar-refractivity contribution in [2.24, 2.45) is 0 Å². The van der Waals surface area contributed by atoms with E-state index >= 15 is 0 Å². The van der Waals surface area contributed by atoms with Crippen LogP contribution in [0.5, 0.6) is 5.75 Å². The van der Waals surface area contributed by atoms with Crippen molar-refractivity contribution in [2.45, 2.75) is 45.2 Å². The Morgan fingerprint density at radius 3 is 2.45 bits per heavy atom. The molecule has 0 saturated carbocycles. The molecule has 1 amide bonds. The third-order valence-electron chi connectivity index (χ3n) is 6.77. The van der Waals surface area contributed by atoms with E-state index < -0.39 is 0 Å². The highest BCUT2D eigenvalue weighted by atomic mass is 16.5. The van der Waals surface area contributed by atoms with Gasteiger partial charge < -0.3 is 14.5 Å². The molecule has 2 saturated heterocycles. The summed E-state index contributed by atoms with van der Waals surface area (Å²) >= 11 is 0. The number of nitrogens with zero attached hydrogens (tertiary/aromatic N) is 3. The number of carbonyl (C=O) groups is 1. The smallest absolute Gasteiger partial charge is 0.254 e. The molecule has 2 aromatic rings. The average Bonchev–Trinajstić information content (AvgIpc) is 3.27. The summed E-state index contributed by atoms with van der Waals surface area (Å²) in [6.45, 7) is 9.63. The number of ether oxygens (including phenoxy) is 1. The molecular weight excluding hydrogens is 386 g/mol. The zero-order chi connectivity index (χ0) is 21.8. The fourth-order valence-electron chi connectivity index (χ4n) is 4.86. The fourth-order valence-corrected chi connectivity index (χ4v) is 4.86. The van der Waals surface area contributed by atoms with E-state index in [-0.39, 0.29) is 11.9 Å². The monoisotopic (exact) mass is 421 g/mol. The highest BCUT2D eigenvalue weighted by Gasteiger charge is 2.29. The second-order valence-corrected chi connectivity index (χ2v) is 9.01. The van der Waals surface area contributed by atoms with E-state index in [1.165, 1.54) is 11.3 Å². The summed E-state index contributed by atoms with van der Waals surface area (Å²) in [5.41, 5.74) is 3.23. The van der Waals surface area contributed by atoms with Crippen molar-refractivity contribution in [3.05, 3.63) is 59.7 Å². The largest absolute Gasteiger partial charge is 0.497 e. The van der Waals surface area contributed by atoms with Crippen molar-refractivity contribution < 1.29 is 9.53 Å². The number of hydrogen-bond donors (Lipinski definition) is 0. The molecule has 166 valence electrons. The van der Waals surface area contributed by atoms with E-state index in [4.69, 9.17) is 4.74 Å². The van der Waals surface area contributed by atoms with Gasteiger partial charge in [0, 0.05) is 56.1 Å². The molecule has 1 unspecified atom stereocenters. The first kappa shape index (κ1) is 21.7. The third kappa shape index (κ3) is 5.04. The Morgan fingerprint density at radius 2 is 1.77 bits per heavy atom. The first-order valence-electron chi connectivity index (χ1n) is 11.6.